The van der Waals surface area contributed by atoms with Gasteiger partial charge in [-0.2, -0.15) is 0 Å². The van der Waals surface area contributed by atoms with Crippen LogP contribution in [-0.2, 0) is 11.2 Å². The minimum Gasteiger partial charge on any atom is -0.491 e. The van der Waals surface area contributed by atoms with Crippen LogP contribution in [0.5, 0.6) is 5.75 Å². The number of hydrogen-bond donors (Lipinski definition) is 0. The predicted molar refractivity (Wildman–Crippen MR) is 81.2 cm³/mol. The summed E-state index contributed by atoms with van der Waals surface area (Å²) in [6.45, 7) is 2.88. The van der Waals surface area contributed by atoms with Gasteiger partial charge in [-0.1, -0.05) is 44.4 Å². The molecule has 3 rings (SSSR count). The van der Waals surface area contributed by atoms with E-state index in [0.29, 0.717) is 6.61 Å². The van der Waals surface area contributed by atoms with Crippen molar-refractivity contribution in [3.8, 4) is 5.75 Å². The summed E-state index contributed by atoms with van der Waals surface area (Å²) in [7, 11) is 0. The zero-order chi connectivity index (χ0) is 13.8. The van der Waals surface area contributed by atoms with Crippen LogP contribution < -0.4 is 4.74 Å². The average Bonchev–Trinajstić information content (AvgIpc) is 2.89. The van der Waals surface area contributed by atoms with Gasteiger partial charge in [0.1, 0.15) is 12.4 Å². The number of para-hydroxylation sites is 1. The fourth-order valence-corrected chi connectivity index (χ4v) is 3.70. The van der Waals surface area contributed by atoms with Gasteiger partial charge in [0.2, 0.25) is 0 Å². The van der Waals surface area contributed by atoms with Crippen molar-refractivity contribution >= 4 is 0 Å². The van der Waals surface area contributed by atoms with Crippen molar-refractivity contribution in [1.82, 2.24) is 0 Å². The van der Waals surface area contributed by atoms with Crippen LogP contribution in [0.3, 0.4) is 0 Å². The van der Waals surface area contributed by atoms with Crippen molar-refractivity contribution in [2.75, 3.05) is 6.61 Å². The van der Waals surface area contributed by atoms with Crippen molar-refractivity contribution in [2.45, 2.75) is 70.0 Å². The molecule has 0 amide bonds. The van der Waals surface area contributed by atoms with Crippen LogP contribution >= 0.6 is 0 Å². The van der Waals surface area contributed by atoms with Crippen LogP contribution in [0.15, 0.2) is 24.3 Å². The predicted octanol–water partition coefficient (Wildman–Crippen LogP) is 4.51. The highest BCUT2D eigenvalue weighted by molar-refractivity contribution is 5.33. The minimum atomic E-state index is 0.205. The third-order valence-electron chi connectivity index (χ3n) is 4.88. The second kappa shape index (κ2) is 6.17. The van der Waals surface area contributed by atoms with Gasteiger partial charge >= 0.3 is 0 Å². The van der Waals surface area contributed by atoms with Crippen LogP contribution in [0, 0.1) is 0 Å². The molecule has 1 unspecified atom stereocenters. The molecular formula is C18H26O2. The lowest BCUT2D eigenvalue weighted by Gasteiger charge is -2.33. The number of ether oxygens (including phenoxy) is 2. The quantitative estimate of drug-likeness (QED) is 0.804. The number of aryl methyl sites for hydroxylation is 1. The molecule has 0 aromatic heterocycles. The lowest BCUT2D eigenvalue weighted by atomic mass is 9.83. The van der Waals surface area contributed by atoms with Gasteiger partial charge in [0, 0.05) is 0 Å². The Morgan fingerprint density at radius 2 is 1.95 bits per heavy atom. The van der Waals surface area contributed by atoms with Crippen molar-refractivity contribution < 1.29 is 9.47 Å². The average molecular weight is 274 g/mol. The van der Waals surface area contributed by atoms with E-state index in [9.17, 15) is 0 Å². The Kier molecular flexibility index (Phi) is 4.30. The molecule has 0 radical (unpaired) electrons. The molecule has 2 heteroatoms. The number of benzene rings is 1. The summed E-state index contributed by atoms with van der Waals surface area (Å²) in [6, 6.07) is 8.35. The fraction of sp³-hybridized carbons (Fsp3) is 0.667. The molecule has 1 aliphatic heterocycles. The summed E-state index contributed by atoms with van der Waals surface area (Å²) in [5, 5.41) is 0. The van der Waals surface area contributed by atoms with Gasteiger partial charge in [0.15, 0.2) is 0 Å². The molecule has 1 atom stereocenters. The van der Waals surface area contributed by atoms with Gasteiger partial charge in [0.05, 0.1) is 11.7 Å². The Morgan fingerprint density at radius 3 is 2.75 bits per heavy atom. The molecule has 110 valence electrons. The van der Waals surface area contributed by atoms with Gasteiger partial charge in [-0.25, -0.2) is 0 Å². The molecule has 1 heterocycles. The van der Waals surface area contributed by atoms with Crippen LogP contribution in [0.2, 0.25) is 0 Å². The highest BCUT2D eigenvalue weighted by atomic mass is 16.6. The van der Waals surface area contributed by atoms with Gasteiger partial charge in [0.25, 0.3) is 0 Å². The highest BCUT2D eigenvalue weighted by Gasteiger charge is 2.40. The van der Waals surface area contributed by atoms with Crippen LogP contribution in [0.4, 0.5) is 0 Å². The Labute approximate surface area is 122 Å². The maximum absolute atomic E-state index is 6.36. The molecule has 20 heavy (non-hydrogen) atoms. The molecule has 0 N–H and O–H groups in total. The Balaban J connectivity index is 1.54. The van der Waals surface area contributed by atoms with E-state index >= 15 is 0 Å². The maximum atomic E-state index is 6.36. The smallest absolute Gasteiger partial charge is 0.122 e. The monoisotopic (exact) mass is 274 g/mol. The third-order valence-corrected chi connectivity index (χ3v) is 4.88. The zero-order valence-corrected chi connectivity index (χ0v) is 12.6. The van der Waals surface area contributed by atoms with Gasteiger partial charge in [-0.05, 0) is 43.7 Å². The van der Waals surface area contributed by atoms with E-state index < -0.39 is 0 Å². The molecule has 1 aromatic rings. The summed E-state index contributed by atoms with van der Waals surface area (Å²) in [5.41, 5.74) is 1.49. The Bertz CT molecular complexity index is 435. The molecule has 2 aliphatic rings. The van der Waals surface area contributed by atoms with Gasteiger partial charge in [-0.15, -0.1) is 0 Å². The molecule has 1 aliphatic carbocycles. The highest BCUT2D eigenvalue weighted by Crippen LogP contribution is 2.42. The normalized spacial score (nSPS) is 24.9. The molecule has 2 nitrogen and oxygen atoms in total. The molecule has 1 saturated carbocycles. The first-order chi connectivity index (χ1) is 9.81. The first-order valence-electron chi connectivity index (χ1n) is 8.20. The first-order valence-corrected chi connectivity index (χ1v) is 8.20. The second-order valence-electron chi connectivity index (χ2n) is 6.29. The summed E-state index contributed by atoms with van der Waals surface area (Å²) >= 11 is 0. The number of hydrogen-bond acceptors (Lipinski definition) is 2. The van der Waals surface area contributed by atoms with Crippen LogP contribution in [-0.4, -0.2) is 18.3 Å². The molecule has 0 bridgehead atoms. The maximum Gasteiger partial charge on any atom is 0.122 e. The summed E-state index contributed by atoms with van der Waals surface area (Å²) in [5.74, 6) is 1.03. The lowest BCUT2D eigenvalue weighted by molar-refractivity contribution is -0.0749. The van der Waals surface area contributed by atoms with E-state index in [1.807, 2.05) is 6.07 Å². The van der Waals surface area contributed by atoms with E-state index in [-0.39, 0.29) is 11.7 Å². The summed E-state index contributed by atoms with van der Waals surface area (Å²) in [4.78, 5) is 0. The minimum absolute atomic E-state index is 0.205. The van der Waals surface area contributed by atoms with E-state index in [2.05, 4.69) is 25.1 Å². The Hall–Kier alpha value is -1.02. The van der Waals surface area contributed by atoms with Crippen molar-refractivity contribution in [3.63, 3.8) is 0 Å². The van der Waals surface area contributed by atoms with E-state index in [1.165, 1.54) is 44.1 Å². The van der Waals surface area contributed by atoms with E-state index in [1.54, 1.807) is 0 Å². The molecule has 2 fully saturated rings. The molecule has 1 aromatic carbocycles. The van der Waals surface area contributed by atoms with Gasteiger partial charge < -0.3 is 9.47 Å². The standard InChI is InChI=1S/C18H26O2/c1-2-15-8-4-5-9-17(15)19-14-16-10-13-18(20-16)11-6-3-7-12-18/h4-5,8-9,16H,2-3,6-7,10-14H2,1H3. The van der Waals surface area contributed by atoms with Crippen molar-refractivity contribution in [1.29, 1.82) is 0 Å². The fourth-order valence-electron chi connectivity index (χ4n) is 3.70. The largest absolute Gasteiger partial charge is 0.491 e. The molecule has 1 spiro atoms. The van der Waals surface area contributed by atoms with E-state index in [0.717, 1.165) is 18.6 Å². The Morgan fingerprint density at radius 1 is 1.15 bits per heavy atom. The SMILES string of the molecule is CCc1ccccc1OCC1CCC2(CCCCC2)O1. The van der Waals surface area contributed by atoms with Crippen LogP contribution in [0.1, 0.15) is 57.4 Å². The van der Waals surface area contributed by atoms with Gasteiger partial charge in [-0.3, -0.25) is 0 Å². The number of rotatable bonds is 4. The van der Waals surface area contributed by atoms with Crippen molar-refractivity contribution in [3.05, 3.63) is 29.8 Å². The third kappa shape index (κ3) is 3.01. The van der Waals surface area contributed by atoms with Crippen LogP contribution in [0.25, 0.3) is 0 Å². The first kappa shape index (κ1) is 13.9. The summed E-state index contributed by atoms with van der Waals surface area (Å²) in [6.07, 6.45) is 10.3. The topological polar surface area (TPSA) is 18.5 Å². The van der Waals surface area contributed by atoms with Crippen molar-refractivity contribution in [2.24, 2.45) is 0 Å². The lowest BCUT2D eigenvalue weighted by Crippen LogP contribution is -2.32. The second-order valence-corrected chi connectivity index (χ2v) is 6.29. The summed E-state index contributed by atoms with van der Waals surface area (Å²) < 4.78 is 12.4. The molecular weight excluding hydrogens is 248 g/mol. The zero-order valence-electron chi connectivity index (χ0n) is 12.6. The molecule has 1 saturated heterocycles. The van der Waals surface area contributed by atoms with E-state index in [4.69, 9.17) is 9.47 Å².